The van der Waals surface area contributed by atoms with Crippen LogP contribution in [0.3, 0.4) is 0 Å². The summed E-state index contributed by atoms with van der Waals surface area (Å²) in [4.78, 5) is 21.4. The highest BCUT2D eigenvalue weighted by Gasteiger charge is 2.34. The zero-order valence-electron chi connectivity index (χ0n) is 25.3. The lowest BCUT2D eigenvalue weighted by atomic mass is 10.00. The normalized spacial score (nSPS) is 14.0. The maximum atomic E-state index is 13.7. The number of benzene rings is 2. The molecule has 5 aromatic rings. The number of anilines is 2. The number of hydrogen-bond acceptors (Lipinski definition) is 8. The van der Waals surface area contributed by atoms with Crippen molar-refractivity contribution in [2.75, 3.05) is 25.6 Å². The minimum atomic E-state index is -4.76. The van der Waals surface area contributed by atoms with E-state index in [-0.39, 0.29) is 27.3 Å². The molecule has 4 heterocycles. The molecule has 0 atom stereocenters. The first-order valence-electron chi connectivity index (χ1n) is 14.7. The van der Waals surface area contributed by atoms with Gasteiger partial charge in [-0.1, -0.05) is 59.6 Å². The van der Waals surface area contributed by atoms with Gasteiger partial charge < -0.3 is 20.1 Å². The lowest BCUT2D eigenvalue weighted by Gasteiger charge is -2.23. The minimum absolute atomic E-state index is 0.0192. The molecular formula is C33H29Cl2F3N6O3. The molecular weight excluding hydrogens is 656 g/mol. The van der Waals surface area contributed by atoms with Gasteiger partial charge in [0.15, 0.2) is 0 Å². The number of methoxy groups -OCH3 is 1. The Morgan fingerprint density at radius 1 is 1.00 bits per heavy atom. The average molecular weight is 686 g/mol. The van der Waals surface area contributed by atoms with Gasteiger partial charge in [-0.25, -0.2) is 14.6 Å². The number of hydrogen-bond donors (Lipinski definition) is 2. The van der Waals surface area contributed by atoms with Gasteiger partial charge in [-0.2, -0.15) is 18.3 Å². The fourth-order valence-corrected chi connectivity index (χ4v) is 6.08. The number of pyridine rings is 2. The Hall–Kier alpha value is -4.23. The Bertz CT molecular complexity index is 2020. The Labute approximate surface area is 277 Å². The third-order valence-corrected chi connectivity index (χ3v) is 8.78. The molecule has 3 aromatic heterocycles. The third kappa shape index (κ3) is 6.77. The van der Waals surface area contributed by atoms with Crippen LogP contribution in [0.5, 0.6) is 5.88 Å². The van der Waals surface area contributed by atoms with Gasteiger partial charge in [0.25, 0.3) is 5.56 Å². The molecule has 2 N–H and O–H groups in total. The van der Waals surface area contributed by atoms with Crippen molar-refractivity contribution in [3.05, 3.63) is 92.5 Å². The van der Waals surface area contributed by atoms with Crippen LogP contribution in [-0.4, -0.2) is 46.1 Å². The molecule has 1 aliphatic heterocycles. The van der Waals surface area contributed by atoms with Gasteiger partial charge in [-0.3, -0.25) is 4.79 Å². The SMILES string of the molecule is COc1nc(-c2cccc(-c3cccc(Nc4nc(C(F)(F)F)cc5cnn(C)c(=O)c45)c3Cl)c2Cl)ccc1CNC1CCOCC1. The first-order chi connectivity index (χ1) is 22.5. The molecule has 0 radical (unpaired) electrons. The van der Waals surface area contributed by atoms with Gasteiger partial charge in [0.1, 0.15) is 11.5 Å². The molecule has 0 spiro atoms. The summed E-state index contributed by atoms with van der Waals surface area (Å²) in [6, 6.07) is 15.3. The molecule has 1 saturated heterocycles. The Balaban J connectivity index is 1.34. The van der Waals surface area contributed by atoms with E-state index in [1.807, 2.05) is 18.2 Å². The molecule has 47 heavy (non-hydrogen) atoms. The molecule has 0 unspecified atom stereocenters. The second kappa shape index (κ2) is 13.5. The van der Waals surface area contributed by atoms with Crippen molar-refractivity contribution in [1.82, 2.24) is 25.1 Å². The highest BCUT2D eigenvalue weighted by Crippen LogP contribution is 2.42. The maximum absolute atomic E-state index is 13.7. The van der Waals surface area contributed by atoms with Gasteiger partial charge in [0.2, 0.25) is 5.88 Å². The zero-order chi connectivity index (χ0) is 33.3. The van der Waals surface area contributed by atoms with Crippen molar-refractivity contribution < 1.29 is 22.6 Å². The van der Waals surface area contributed by atoms with E-state index in [0.717, 1.165) is 42.4 Å². The van der Waals surface area contributed by atoms with E-state index in [1.54, 1.807) is 37.4 Å². The molecule has 244 valence electrons. The van der Waals surface area contributed by atoms with Crippen LogP contribution >= 0.6 is 23.2 Å². The zero-order valence-corrected chi connectivity index (χ0v) is 26.8. The van der Waals surface area contributed by atoms with Crippen LogP contribution in [0.15, 0.2) is 65.6 Å². The summed E-state index contributed by atoms with van der Waals surface area (Å²) >= 11 is 13.8. The van der Waals surface area contributed by atoms with Crippen LogP contribution in [0.4, 0.5) is 24.7 Å². The molecule has 1 fully saturated rings. The van der Waals surface area contributed by atoms with Crippen LogP contribution in [-0.2, 0) is 24.5 Å². The number of ether oxygens (including phenoxy) is 2. The molecule has 0 saturated carbocycles. The van der Waals surface area contributed by atoms with Crippen molar-refractivity contribution in [2.45, 2.75) is 31.6 Å². The first kappa shape index (κ1) is 32.7. The summed E-state index contributed by atoms with van der Waals surface area (Å²) in [6.45, 7) is 2.06. The maximum Gasteiger partial charge on any atom is 0.433 e. The quantitative estimate of drug-likeness (QED) is 0.174. The van der Waals surface area contributed by atoms with E-state index in [1.165, 1.54) is 13.2 Å². The molecule has 2 aromatic carbocycles. The van der Waals surface area contributed by atoms with Gasteiger partial charge in [-0.05, 0) is 31.0 Å². The number of aryl methyl sites for hydroxylation is 1. The van der Waals surface area contributed by atoms with Gasteiger partial charge >= 0.3 is 6.18 Å². The average Bonchev–Trinajstić information content (AvgIpc) is 3.06. The fourth-order valence-electron chi connectivity index (χ4n) is 5.48. The summed E-state index contributed by atoms with van der Waals surface area (Å²) < 4.78 is 53.3. The van der Waals surface area contributed by atoms with Crippen LogP contribution in [0.25, 0.3) is 33.2 Å². The van der Waals surface area contributed by atoms with E-state index in [9.17, 15) is 18.0 Å². The predicted octanol–water partition coefficient (Wildman–Crippen LogP) is 7.40. The van der Waals surface area contributed by atoms with E-state index >= 15 is 0 Å². The van der Waals surface area contributed by atoms with Gasteiger partial charge in [-0.15, -0.1) is 0 Å². The minimum Gasteiger partial charge on any atom is -0.481 e. The highest BCUT2D eigenvalue weighted by molar-refractivity contribution is 6.39. The molecule has 6 rings (SSSR count). The van der Waals surface area contributed by atoms with Crippen LogP contribution < -0.4 is 20.9 Å². The number of halogens is 5. The molecule has 0 aliphatic carbocycles. The summed E-state index contributed by atoms with van der Waals surface area (Å²) in [5, 5.41) is 10.7. The molecule has 1 aliphatic rings. The molecule has 14 heteroatoms. The fraction of sp³-hybridized carbons (Fsp3) is 0.273. The summed E-state index contributed by atoms with van der Waals surface area (Å²) in [5.41, 5.74) is 1.59. The molecule has 9 nitrogen and oxygen atoms in total. The molecule has 0 bridgehead atoms. The number of alkyl halides is 3. The molecule has 0 amide bonds. The number of fused-ring (bicyclic) bond motifs is 1. The van der Waals surface area contributed by atoms with Crippen LogP contribution in [0, 0.1) is 0 Å². The highest BCUT2D eigenvalue weighted by atomic mass is 35.5. The number of nitrogens with one attached hydrogen (secondary N) is 2. The van der Waals surface area contributed by atoms with E-state index in [2.05, 4.69) is 20.7 Å². The number of rotatable bonds is 8. The smallest absolute Gasteiger partial charge is 0.433 e. The first-order valence-corrected chi connectivity index (χ1v) is 15.4. The van der Waals surface area contributed by atoms with Crippen molar-refractivity contribution >= 4 is 45.5 Å². The Morgan fingerprint density at radius 2 is 1.70 bits per heavy atom. The number of nitrogens with zero attached hydrogens (tertiary/aromatic N) is 4. The second-order valence-electron chi connectivity index (χ2n) is 11.0. The largest absolute Gasteiger partial charge is 0.481 e. The van der Waals surface area contributed by atoms with Gasteiger partial charge in [0, 0.05) is 60.5 Å². The Morgan fingerprint density at radius 3 is 2.43 bits per heavy atom. The lowest BCUT2D eigenvalue weighted by molar-refractivity contribution is -0.140. The predicted molar refractivity (Wildman–Crippen MR) is 175 cm³/mol. The van der Waals surface area contributed by atoms with Crippen LogP contribution in [0.1, 0.15) is 24.1 Å². The van der Waals surface area contributed by atoms with E-state index < -0.39 is 17.4 Å². The van der Waals surface area contributed by atoms with Crippen molar-refractivity contribution in [2.24, 2.45) is 7.05 Å². The summed E-state index contributed by atoms with van der Waals surface area (Å²) in [6.07, 6.45) is -1.70. The Kier molecular flexibility index (Phi) is 9.38. The van der Waals surface area contributed by atoms with Crippen molar-refractivity contribution in [3.63, 3.8) is 0 Å². The summed E-state index contributed by atoms with van der Waals surface area (Å²) in [7, 11) is 2.96. The van der Waals surface area contributed by atoms with E-state index in [0.29, 0.717) is 45.9 Å². The third-order valence-electron chi connectivity index (χ3n) is 7.97. The van der Waals surface area contributed by atoms with Crippen molar-refractivity contribution in [3.8, 4) is 28.3 Å². The lowest BCUT2D eigenvalue weighted by Crippen LogP contribution is -2.34. The van der Waals surface area contributed by atoms with Crippen LogP contribution in [0.2, 0.25) is 10.0 Å². The van der Waals surface area contributed by atoms with Gasteiger partial charge in [0.05, 0.1) is 40.1 Å². The summed E-state index contributed by atoms with van der Waals surface area (Å²) in [5.74, 6) is 0.161. The van der Waals surface area contributed by atoms with Crippen molar-refractivity contribution in [1.29, 1.82) is 0 Å². The van der Waals surface area contributed by atoms with E-state index in [4.69, 9.17) is 37.7 Å². The monoisotopic (exact) mass is 684 g/mol. The number of aromatic nitrogens is 4. The standard InChI is InChI=1S/C33H29Cl2F3N6O3/c1-44-32(45)27-19(17-40-44)15-26(33(36,37)38)43-30(27)41-25-8-4-6-22(29(25)35)21-5-3-7-23(28(21)34)24-10-9-18(31(42-24)46-2)16-39-20-11-13-47-14-12-20/h3-10,15,17,20,39H,11-14,16H2,1-2H3,(H,41,43). The topological polar surface area (TPSA) is 103 Å². The second-order valence-corrected chi connectivity index (χ2v) is 11.7.